The number of carbonyl (C=O) groups is 2. The minimum absolute atomic E-state index is 0.0213. The van der Waals surface area contributed by atoms with Gasteiger partial charge in [0.2, 0.25) is 11.8 Å². The smallest absolute Gasteiger partial charge is 0.311 e. The molecule has 0 aliphatic rings. The van der Waals surface area contributed by atoms with Crippen molar-refractivity contribution < 1.29 is 28.2 Å². The molecule has 0 atom stereocenters. The Balaban J connectivity index is 1.78. The summed E-state index contributed by atoms with van der Waals surface area (Å²) in [6.07, 6.45) is -0.166. The SMILES string of the molecule is CCOC(=O)Cc1csc(NC(=O)c2cc(Oc3cccc(F)c3)nc(OC(C)C)c2)n1. The maximum absolute atomic E-state index is 13.5. The van der Waals surface area contributed by atoms with Crippen LogP contribution in [0.4, 0.5) is 9.52 Å². The van der Waals surface area contributed by atoms with Crippen LogP contribution in [-0.4, -0.2) is 34.6 Å². The van der Waals surface area contributed by atoms with Crippen molar-refractivity contribution in [3.05, 3.63) is 58.9 Å². The minimum atomic E-state index is -0.470. The number of carbonyl (C=O) groups excluding carboxylic acids is 2. The number of esters is 1. The maximum atomic E-state index is 13.5. The molecule has 168 valence electrons. The number of benzene rings is 1. The molecule has 2 heterocycles. The van der Waals surface area contributed by atoms with Crippen LogP contribution in [0.5, 0.6) is 17.5 Å². The van der Waals surface area contributed by atoms with Crippen LogP contribution in [-0.2, 0) is 16.0 Å². The minimum Gasteiger partial charge on any atom is -0.475 e. The van der Waals surface area contributed by atoms with E-state index in [9.17, 15) is 14.0 Å². The molecular formula is C22H22FN3O5S. The lowest BCUT2D eigenvalue weighted by atomic mass is 10.2. The van der Waals surface area contributed by atoms with Gasteiger partial charge in [-0.3, -0.25) is 14.9 Å². The van der Waals surface area contributed by atoms with Crippen molar-refractivity contribution >= 4 is 28.3 Å². The van der Waals surface area contributed by atoms with E-state index in [2.05, 4.69) is 15.3 Å². The third-order valence-electron chi connectivity index (χ3n) is 3.82. The molecule has 1 N–H and O–H groups in total. The Labute approximate surface area is 188 Å². The van der Waals surface area contributed by atoms with Gasteiger partial charge in [-0.25, -0.2) is 9.37 Å². The fourth-order valence-corrected chi connectivity index (χ4v) is 3.30. The molecule has 0 saturated heterocycles. The van der Waals surface area contributed by atoms with Gasteiger partial charge in [0.1, 0.15) is 11.6 Å². The largest absolute Gasteiger partial charge is 0.475 e. The Morgan fingerprint density at radius 3 is 2.66 bits per heavy atom. The molecule has 0 saturated carbocycles. The van der Waals surface area contributed by atoms with Crippen LogP contribution in [0.25, 0.3) is 0 Å². The predicted octanol–water partition coefficient (Wildman–Crippen LogP) is 4.61. The molecule has 2 aromatic heterocycles. The summed E-state index contributed by atoms with van der Waals surface area (Å²) >= 11 is 1.19. The average Bonchev–Trinajstić information content (AvgIpc) is 3.14. The van der Waals surface area contributed by atoms with E-state index in [-0.39, 0.29) is 48.2 Å². The van der Waals surface area contributed by atoms with Crippen molar-refractivity contribution in [2.45, 2.75) is 33.3 Å². The molecule has 0 unspecified atom stereocenters. The number of aromatic nitrogens is 2. The van der Waals surface area contributed by atoms with Crippen LogP contribution in [0, 0.1) is 5.82 Å². The third-order valence-corrected chi connectivity index (χ3v) is 4.63. The maximum Gasteiger partial charge on any atom is 0.311 e. The summed E-state index contributed by atoms with van der Waals surface area (Å²) in [7, 11) is 0. The monoisotopic (exact) mass is 459 g/mol. The van der Waals surface area contributed by atoms with Gasteiger partial charge in [0.05, 0.1) is 30.4 Å². The zero-order chi connectivity index (χ0) is 23.1. The lowest BCUT2D eigenvalue weighted by Crippen LogP contribution is -2.14. The molecule has 0 bridgehead atoms. The molecule has 0 radical (unpaired) electrons. The number of nitrogens with one attached hydrogen (secondary N) is 1. The van der Waals surface area contributed by atoms with Gasteiger partial charge in [-0.05, 0) is 32.9 Å². The van der Waals surface area contributed by atoms with Crippen molar-refractivity contribution in [3.63, 3.8) is 0 Å². The van der Waals surface area contributed by atoms with Crippen molar-refractivity contribution in [3.8, 4) is 17.5 Å². The highest BCUT2D eigenvalue weighted by molar-refractivity contribution is 7.14. The van der Waals surface area contributed by atoms with Gasteiger partial charge in [0, 0.05) is 23.6 Å². The van der Waals surface area contributed by atoms with E-state index in [1.807, 2.05) is 13.8 Å². The summed E-state index contributed by atoms with van der Waals surface area (Å²) in [6.45, 7) is 5.66. The normalized spacial score (nSPS) is 10.7. The molecule has 0 spiro atoms. The van der Waals surface area contributed by atoms with Crippen LogP contribution in [0.15, 0.2) is 41.8 Å². The Hall–Kier alpha value is -3.53. The number of hydrogen-bond donors (Lipinski definition) is 1. The topological polar surface area (TPSA) is 99.6 Å². The highest BCUT2D eigenvalue weighted by Crippen LogP contribution is 2.26. The van der Waals surface area contributed by atoms with E-state index in [0.717, 1.165) is 0 Å². The van der Waals surface area contributed by atoms with E-state index in [0.29, 0.717) is 10.8 Å². The summed E-state index contributed by atoms with van der Waals surface area (Å²) in [6, 6.07) is 8.46. The Kier molecular flexibility index (Phi) is 7.72. The predicted molar refractivity (Wildman–Crippen MR) is 117 cm³/mol. The zero-order valence-electron chi connectivity index (χ0n) is 17.8. The van der Waals surface area contributed by atoms with E-state index in [1.165, 1.54) is 41.7 Å². The van der Waals surface area contributed by atoms with Crippen LogP contribution >= 0.6 is 11.3 Å². The Bertz CT molecular complexity index is 1100. The van der Waals surface area contributed by atoms with Crippen LogP contribution < -0.4 is 14.8 Å². The number of nitrogens with zero attached hydrogens (tertiary/aromatic N) is 2. The van der Waals surface area contributed by atoms with Gasteiger partial charge in [0.15, 0.2) is 5.13 Å². The zero-order valence-corrected chi connectivity index (χ0v) is 18.6. The lowest BCUT2D eigenvalue weighted by Gasteiger charge is -2.12. The van der Waals surface area contributed by atoms with E-state index in [1.54, 1.807) is 18.4 Å². The summed E-state index contributed by atoms with van der Waals surface area (Å²) in [5.74, 6) is -0.838. The second-order valence-corrected chi connectivity index (χ2v) is 7.70. The molecular weight excluding hydrogens is 437 g/mol. The molecule has 10 heteroatoms. The van der Waals surface area contributed by atoms with Gasteiger partial charge < -0.3 is 14.2 Å². The first-order valence-electron chi connectivity index (χ1n) is 9.86. The number of hydrogen-bond acceptors (Lipinski definition) is 8. The van der Waals surface area contributed by atoms with Gasteiger partial charge >= 0.3 is 5.97 Å². The van der Waals surface area contributed by atoms with Gasteiger partial charge in [-0.1, -0.05) is 6.07 Å². The fourth-order valence-electron chi connectivity index (χ4n) is 2.59. The van der Waals surface area contributed by atoms with Crippen molar-refractivity contribution in [2.75, 3.05) is 11.9 Å². The summed E-state index contributed by atoms with van der Waals surface area (Å²) in [5.41, 5.74) is 0.710. The molecule has 3 aromatic rings. The van der Waals surface area contributed by atoms with Crippen LogP contribution in [0.3, 0.4) is 0 Å². The molecule has 8 nitrogen and oxygen atoms in total. The van der Waals surface area contributed by atoms with Gasteiger partial charge in [-0.2, -0.15) is 4.98 Å². The van der Waals surface area contributed by atoms with Crippen molar-refractivity contribution in [1.82, 2.24) is 9.97 Å². The number of halogens is 1. The molecule has 1 amide bonds. The summed E-state index contributed by atoms with van der Waals surface area (Å²) in [5, 5.41) is 4.68. The van der Waals surface area contributed by atoms with E-state index >= 15 is 0 Å². The number of ether oxygens (including phenoxy) is 3. The van der Waals surface area contributed by atoms with E-state index in [4.69, 9.17) is 14.2 Å². The standard InChI is InChI=1S/C22H22FN3O5S/c1-4-29-20(27)11-16-12-32-22(24-16)26-21(28)14-8-18(30-13(2)3)25-19(9-14)31-17-7-5-6-15(23)10-17/h5-10,12-13H,4,11H2,1-3H3,(H,24,26,28). The number of anilines is 1. The van der Waals surface area contributed by atoms with E-state index < -0.39 is 11.7 Å². The molecule has 3 rings (SSSR count). The second-order valence-electron chi connectivity index (χ2n) is 6.84. The average molecular weight is 459 g/mol. The Morgan fingerprint density at radius 1 is 1.16 bits per heavy atom. The van der Waals surface area contributed by atoms with Crippen molar-refractivity contribution in [2.24, 2.45) is 0 Å². The molecule has 1 aromatic carbocycles. The molecule has 0 fully saturated rings. The first-order chi connectivity index (χ1) is 15.3. The second kappa shape index (κ2) is 10.7. The molecule has 0 aliphatic carbocycles. The van der Waals surface area contributed by atoms with Gasteiger partial charge in [0.25, 0.3) is 5.91 Å². The summed E-state index contributed by atoms with van der Waals surface area (Å²) in [4.78, 5) is 32.9. The number of amides is 1. The highest BCUT2D eigenvalue weighted by Gasteiger charge is 2.16. The Morgan fingerprint density at radius 2 is 1.94 bits per heavy atom. The first-order valence-corrected chi connectivity index (χ1v) is 10.7. The molecule has 0 aliphatic heterocycles. The van der Waals surface area contributed by atoms with Crippen LogP contribution in [0.1, 0.15) is 36.8 Å². The first kappa shape index (κ1) is 23.1. The third kappa shape index (κ3) is 6.74. The fraction of sp³-hybridized carbons (Fsp3) is 0.273. The van der Waals surface area contributed by atoms with Crippen molar-refractivity contribution in [1.29, 1.82) is 0 Å². The quantitative estimate of drug-likeness (QED) is 0.466. The highest BCUT2D eigenvalue weighted by atomic mass is 32.1. The number of rotatable bonds is 9. The van der Waals surface area contributed by atoms with Gasteiger partial charge in [-0.15, -0.1) is 11.3 Å². The van der Waals surface area contributed by atoms with Crippen LogP contribution in [0.2, 0.25) is 0 Å². The number of pyridine rings is 1. The number of thiazole rings is 1. The molecule has 32 heavy (non-hydrogen) atoms. The summed E-state index contributed by atoms with van der Waals surface area (Å²) < 4.78 is 29.6. The lowest BCUT2D eigenvalue weighted by molar-refractivity contribution is -0.142.